The third-order valence-electron chi connectivity index (χ3n) is 1.92. The fraction of sp³-hybridized carbons (Fsp3) is 0.286. The molecule has 0 unspecified atom stereocenters. The first-order chi connectivity index (χ1) is 5.27. The first-order valence-corrected chi connectivity index (χ1v) is 4.09. The third kappa shape index (κ3) is 1.11. The van der Waals surface area contributed by atoms with Gasteiger partial charge in [-0.25, -0.2) is 4.98 Å². The molecule has 0 radical (unpaired) electrons. The molecule has 0 fully saturated rings. The van der Waals surface area contributed by atoms with Gasteiger partial charge in [-0.15, -0.1) is 0 Å². The Hall–Kier alpha value is -0.635. The summed E-state index contributed by atoms with van der Waals surface area (Å²) < 4.78 is 1.90. The Labute approximate surface area is 72.6 Å². The highest BCUT2D eigenvalue weighted by molar-refractivity contribution is 7.81. The highest BCUT2D eigenvalue weighted by Crippen LogP contribution is 2.24. The van der Waals surface area contributed by atoms with E-state index in [4.69, 9.17) is 0 Å². The summed E-state index contributed by atoms with van der Waals surface area (Å²) in [7, 11) is 2.06. The van der Waals surface area contributed by atoms with E-state index in [9.17, 15) is 0 Å². The fourth-order valence-corrected chi connectivity index (χ4v) is 1.65. The van der Waals surface area contributed by atoms with Gasteiger partial charge in [0.25, 0.3) is 0 Å². The standard InChI is InChI=1S/C7H9BN2S/c8-6-3-5-1-2-10(11)7(5)9-4-6/h3-4,11H,1-2,8H2. The van der Waals surface area contributed by atoms with Crippen LogP contribution in [0.3, 0.4) is 0 Å². The van der Waals surface area contributed by atoms with Crippen molar-refractivity contribution in [2.45, 2.75) is 6.42 Å². The molecular formula is C7H9BN2S. The van der Waals surface area contributed by atoms with Crippen molar-refractivity contribution < 1.29 is 0 Å². The number of rotatable bonds is 0. The van der Waals surface area contributed by atoms with Crippen LogP contribution in [0.4, 0.5) is 5.82 Å². The Kier molecular flexibility index (Phi) is 1.57. The zero-order valence-electron chi connectivity index (χ0n) is 6.41. The highest BCUT2D eigenvalue weighted by atomic mass is 32.1. The van der Waals surface area contributed by atoms with Gasteiger partial charge in [0.05, 0.1) is 0 Å². The van der Waals surface area contributed by atoms with E-state index in [2.05, 4.69) is 31.7 Å². The molecule has 0 N–H and O–H groups in total. The van der Waals surface area contributed by atoms with Gasteiger partial charge in [0.1, 0.15) is 13.7 Å². The third-order valence-corrected chi connectivity index (χ3v) is 2.31. The van der Waals surface area contributed by atoms with E-state index >= 15 is 0 Å². The number of aromatic nitrogens is 1. The van der Waals surface area contributed by atoms with Crippen LogP contribution in [0.25, 0.3) is 0 Å². The average molecular weight is 164 g/mol. The Bertz CT molecular complexity index is 290. The Morgan fingerprint density at radius 1 is 1.64 bits per heavy atom. The largest absolute Gasteiger partial charge is 0.303 e. The van der Waals surface area contributed by atoms with Crippen LogP contribution < -0.4 is 9.77 Å². The van der Waals surface area contributed by atoms with Gasteiger partial charge in [0, 0.05) is 12.7 Å². The zero-order valence-corrected chi connectivity index (χ0v) is 7.30. The second-order valence-electron chi connectivity index (χ2n) is 2.87. The first kappa shape index (κ1) is 7.04. The van der Waals surface area contributed by atoms with Crippen molar-refractivity contribution >= 4 is 31.9 Å². The van der Waals surface area contributed by atoms with Gasteiger partial charge in [0.2, 0.25) is 0 Å². The molecule has 0 bridgehead atoms. The number of fused-ring (bicyclic) bond motifs is 1. The lowest BCUT2D eigenvalue weighted by molar-refractivity contribution is 1.06. The molecule has 0 aromatic carbocycles. The molecule has 0 spiro atoms. The maximum atomic E-state index is 4.29. The molecule has 0 saturated heterocycles. The minimum atomic E-state index is 0.981. The van der Waals surface area contributed by atoms with Gasteiger partial charge in [-0.05, 0) is 12.0 Å². The summed E-state index contributed by atoms with van der Waals surface area (Å²) in [4.78, 5) is 4.29. The SMILES string of the molecule is Bc1cnc2c(c1)CCN2S. The normalized spacial score (nSPS) is 15.2. The van der Waals surface area contributed by atoms with Gasteiger partial charge in [-0.3, -0.25) is 0 Å². The van der Waals surface area contributed by atoms with Crippen LogP contribution in [0.5, 0.6) is 0 Å². The van der Waals surface area contributed by atoms with Crippen LogP contribution in [0.1, 0.15) is 5.56 Å². The molecule has 11 heavy (non-hydrogen) atoms. The summed E-state index contributed by atoms with van der Waals surface area (Å²) >= 11 is 4.28. The van der Waals surface area contributed by atoms with Crippen molar-refractivity contribution in [1.82, 2.24) is 4.98 Å². The van der Waals surface area contributed by atoms with Gasteiger partial charge in [0.15, 0.2) is 0 Å². The van der Waals surface area contributed by atoms with E-state index in [1.165, 1.54) is 11.0 Å². The molecular weight excluding hydrogens is 155 g/mol. The van der Waals surface area contributed by atoms with Crippen LogP contribution in [-0.4, -0.2) is 19.4 Å². The number of nitrogens with zero attached hydrogens (tertiary/aromatic N) is 2. The predicted molar refractivity (Wildman–Crippen MR) is 52.5 cm³/mol. The Morgan fingerprint density at radius 2 is 2.45 bits per heavy atom. The molecule has 0 amide bonds. The van der Waals surface area contributed by atoms with Crippen molar-refractivity contribution in [3.8, 4) is 0 Å². The van der Waals surface area contributed by atoms with Crippen molar-refractivity contribution in [3.63, 3.8) is 0 Å². The van der Waals surface area contributed by atoms with Crippen molar-refractivity contribution in [2.75, 3.05) is 10.8 Å². The van der Waals surface area contributed by atoms with Crippen LogP contribution in [0.2, 0.25) is 0 Å². The molecule has 2 rings (SSSR count). The summed E-state index contributed by atoms with van der Waals surface area (Å²) in [6, 6.07) is 2.18. The highest BCUT2D eigenvalue weighted by Gasteiger charge is 2.16. The van der Waals surface area contributed by atoms with Gasteiger partial charge in [-0.1, -0.05) is 24.3 Å². The van der Waals surface area contributed by atoms with Crippen molar-refractivity contribution in [2.24, 2.45) is 0 Å². The number of hydrogen-bond donors (Lipinski definition) is 1. The minimum Gasteiger partial charge on any atom is -0.303 e. The lowest BCUT2D eigenvalue weighted by Crippen LogP contribution is -2.08. The topological polar surface area (TPSA) is 16.1 Å². The van der Waals surface area contributed by atoms with E-state index in [0.717, 1.165) is 18.8 Å². The second-order valence-corrected chi connectivity index (χ2v) is 3.35. The lowest BCUT2D eigenvalue weighted by atomic mass is 9.97. The smallest absolute Gasteiger partial charge is 0.141 e. The van der Waals surface area contributed by atoms with E-state index in [-0.39, 0.29) is 0 Å². The summed E-state index contributed by atoms with van der Waals surface area (Å²) in [5.74, 6) is 1.03. The maximum absolute atomic E-state index is 4.29. The van der Waals surface area contributed by atoms with Crippen LogP contribution >= 0.6 is 12.8 Å². The Balaban J connectivity index is 2.50. The van der Waals surface area contributed by atoms with E-state index in [1.807, 2.05) is 10.5 Å². The number of anilines is 1. The number of hydrogen-bond acceptors (Lipinski definition) is 3. The number of thiol groups is 1. The molecule has 56 valence electrons. The molecule has 1 aliphatic rings. The fourth-order valence-electron chi connectivity index (χ4n) is 1.37. The molecule has 1 aromatic heterocycles. The van der Waals surface area contributed by atoms with Crippen LogP contribution in [0.15, 0.2) is 12.3 Å². The minimum absolute atomic E-state index is 0.981. The Morgan fingerprint density at radius 3 is 3.27 bits per heavy atom. The molecule has 1 aromatic rings. The van der Waals surface area contributed by atoms with E-state index in [0.29, 0.717) is 0 Å². The summed E-state index contributed by atoms with van der Waals surface area (Å²) in [5, 5.41) is 0. The van der Waals surface area contributed by atoms with E-state index < -0.39 is 0 Å². The van der Waals surface area contributed by atoms with Crippen LogP contribution in [0, 0.1) is 0 Å². The van der Waals surface area contributed by atoms with Crippen molar-refractivity contribution in [1.29, 1.82) is 0 Å². The molecule has 0 saturated carbocycles. The maximum Gasteiger partial charge on any atom is 0.141 e. The van der Waals surface area contributed by atoms with Gasteiger partial charge < -0.3 is 4.31 Å². The predicted octanol–water partition coefficient (Wildman–Crippen LogP) is -0.453. The quantitative estimate of drug-likeness (QED) is 0.412. The van der Waals surface area contributed by atoms with E-state index in [1.54, 1.807) is 0 Å². The van der Waals surface area contributed by atoms with Crippen LogP contribution in [-0.2, 0) is 6.42 Å². The van der Waals surface area contributed by atoms with Gasteiger partial charge in [-0.2, -0.15) is 0 Å². The molecule has 2 heterocycles. The van der Waals surface area contributed by atoms with Crippen molar-refractivity contribution in [3.05, 3.63) is 17.8 Å². The monoisotopic (exact) mass is 164 g/mol. The number of pyridine rings is 1. The molecule has 2 nitrogen and oxygen atoms in total. The molecule has 1 aliphatic heterocycles. The molecule has 0 atom stereocenters. The second kappa shape index (κ2) is 2.45. The lowest BCUT2D eigenvalue weighted by Gasteiger charge is -2.07. The average Bonchev–Trinajstić information content (AvgIpc) is 2.32. The molecule has 4 heteroatoms. The van der Waals surface area contributed by atoms with Gasteiger partial charge >= 0.3 is 0 Å². The summed E-state index contributed by atoms with van der Waals surface area (Å²) in [6.07, 6.45) is 2.96. The summed E-state index contributed by atoms with van der Waals surface area (Å²) in [6.45, 7) is 0.981. The zero-order chi connectivity index (χ0) is 7.84. The first-order valence-electron chi connectivity index (χ1n) is 3.69. The summed E-state index contributed by atoms with van der Waals surface area (Å²) in [5.41, 5.74) is 2.55. The molecule has 0 aliphatic carbocycles.